The van der Waals surface area contributed by atoms with Crippen LogP contribution in [0.5, 0.6) is 5.75 Å². The van der Waals surface area contributed by atoms with Crippen LogP contribution >= 0.6 is 0 Å². The Kier molecular flexibility index (Phi) is 4.49. The Morgan fingerprint density at radius 1 is 1.45 bits per heavy atom. The summed E-state index contributed by atoms with van der Waals surface area (Å²) in [6.07, 6.45) is -0.491. The zero-order valence-electron chi connectivity index (χ0n) is 12.3. The van der Waals surface area contributed by atoms with Crippen molar-refractivity contribution >= 4 is 17.3 Å². The molecular weight excluding hydrogens is 256 g/mol. The fraction of sp³-hybridized carbons (Fsp3) is 0.533. The smallest absolute Gasteiger partial charge is 0.267 e. The fourth-order valence-corrected chi connectivity index (χ4v) is 2.13. The van der Waals surface area contributed by atoms with Gasteiger partial charge in [-0.25, -0.2) is 0 Å². The summed E-state index contributed by atoms with van der Waals surface area (Å²) in [6.45, 7) is 7.68. The number of hydrogen-bond donors (Lipinski definition) is 1. The van der Waals surface area contributed by atoms with E-state index in [4.69, 9.17) is 15.2 Å². The van der Waals surface area contributed by atoms with Gasteiger partial charge in [-0.05, 0) is 25.0 Å². The topological polar surface area (TPSA) is 64.8 Å². The van der Waals surface area contributed by atoms with Crippen molar-refractivity contribution in [3.63, 3.8) is 0 Å². The van der Waals surface area contributed by atoms with Crippen molar-refractivity contribution in [1.82, 2.24) is 0 Å². The summed E-state index contributed by atoms with van der Waals surface area (Å²) in [7, 11) is 0. The molecule has 5 heteroatoms. The van der Waals surface area contributed by atoms with Crippen LogP contribution in [-0.2, 0) is 9.53 Å². The van der Waals surface area contributed by atoms with E-state index in [1.165, 1.54) is 0 Å². The van der Waals surface area contributed by atoms with Crippen molar-refractivity contribution in [2.75, 3.05) is 30.4 Å². The summed E-state index contributed by atoms with van der Waals surface area (Å²) in [5.74, 6) is 1.10. The van der Waals surface area contributed by atoms with E-state index < -0.39 is 6.10 Å². The fourth-order valence-electron chi connectivity index (χ4n) is 2.13. The molecule has 0 saturated heterocycles. The Morgan fingerprint density at radius 3 is 2.90 bits per heavy atom. The van der Waals surface area contributed by atoms with E-state index >= 15 is 0 Å². The normalized spacial score (nSPS) is 18.1. The number of anilines is 2. The summed E-state index contributed by atoms with van der Waals surface area (Å²) in [4.78, 5) is 13.9. The molecule has 1 atom stereocenters. The molecule has 0 radical (unpaired) electrons. The van der Waals surface area contributed by atoms with E-state index in [2.05, 4.69) is 13.8 Å². The van der Waals surface area contributed by atoms with Gasteiger partial charge in [0.15, 0.2) is 6.10 Å². The molecule has 1 amide bonds. The van der Waals surface area contributed by atoms with Gasteiger partial charge in [-0.2, -0.15) is 0 Å². The van der Waals surface area contributed by atoms with E-state index in [0.29, 0.717) is 37.1 Å². The third-order valence-corrected chi connectivity index (χ3v) is 3.10. The quantitative estimate of drug-likeness (QED) is 0.661. The van der Waals surface area contributed by atoms with Crippen LogP contribution in [0, 0.1) is 5.92 Å². The van der Waals surface area contributed by atoms with Gasteiger partial charge in [-0.15, -0.1) is 0 Å². The summed E-state index contributed by atoms with van der Waals surface area (Å²) in [6, 6.07) is 5.34. The first-order valence-corrected chi connectivity index (χ1v) is 6.94. The minimum atomic E-state index is -0.491. The number of hydrogen-bond acceptors (Lipinski definition) is 4. The highest BCUT2D eigenvalue weighted by Crippen LogP contribution is 2.35. The van der Waals surface area contributed by atoms with Gasteiger partial charge in [0.1, 0.15) is 5.75 Å². The van der Waals surface area contributed by atoms with Crippen LogP contribution in [-0.4, -0.2) is 31.8 Å². The van der Waals surface area contributed by atoms with E-state index in [1.807, 2.05) is 6.07 Å². The van der Waals surface area contributed by atoms with Crippen LogP contribution in [0.25, 0.3) is 0 Å². The standard InChI is InChI=1S/C15H22N2O3/c1-10(2)9-19-7-6-17-13-5-4-12(16)8-14(13)20-11(3)15(17)18/h4-5,8,10-11H,6-7,9,16H2,1-3H3. The minimum Gasteiger partial charge on any atom is -0.479 e. The van der Waals surface area contributed by atoms with Crippen molar-refractivity contribution in [2.45, 2.75) is 26.9 Å². The van der Waals surface area contributed by atoms with Gasteiger partial charge in [-0.1, -0.05) is 13.8 Å². The number of rotatable bonds is 5. The molecule has 20 heavy (non-hydrogen) atoms. The number of nitrogens with zero attached hydrogens (tertiary/aromatic N) is 1. The molecule has 0 bridgehead atoms. The van der Waals surface area contributed by atoms with Crippen LogP contribution in [0.15, 0.2) is 18.2 Å². The van der Waals surface area contributed by atoms with E-state index in [9.17, 15) is 4.79 Å². The lowest BCUT2D eigenvalue weighted by atomic mass is 10.1. The van der Waals surface area contributed by atoms with Crippen LogP contribution in [0.2, 0.25) is 0 Å². The van der Waals surface area contributed by atoms with E-state index in [-0.39, 0.29) is 5.91 Å². The first kappa shape index (κ1) is 14.7. The highest BCUT2D eigenvalue weighted by atomic mass is 16.5. The summed E-state index contributed by atoms with van der Waals surface area (Å²) in [5.41, 5.74) is 7.14. The van der Waals surface area contributed by atoms with Crippen LogP contribution in [0.1, 0.15) is 20.8 Å². The maximum absolute atomic E-state index is 12.2. The first-order chi connectivity index (χ1) is 9.49. The summed E-state index contributed by atoms with van der Waals surface area (Å²) >= 11 is 0. The van der Waals surface area contributed by atoms with Gasteiger partial charge < -0.3 is 20.1 Å². The number of nitrogen functional groups attached to an aromatic ring is 1. The van der Waals surface area contributed by atoms with Crippen molar-refractivity contribution in [3.8, 4) is 5.75 Å². The second-order valence-corrected chi connectivity index (χ2v) is 5.45. The number of carbonyl (C=O) groups excluding carboxylic acids is 1. The molecule has 0 aliphatic carbocycles. The predicted molar refractivity (Wildman–Crippen MR) is 79.0 cm³/mol. The number of amides is 1. The monoisotopic (exact) mass is 278 g/mol. The van der Waals surface area contributed by atoms with E-state index in [0.717, 1.165) is 5.69 Å². The van der Waals surface area contributed by atoms with Crippen LogP contribution in [0.3, 0.4) is 0 Å². The SMILES string of the molecule is CC(C)COCCN1C(=O)C(C)Oc2cc(N)ccc21. The molecule has 1 aliphatic heterocycles. The Balaban J connectivity index is 2.09. The van der Waals surface area contributed by atoms with Gasteiger partial charge in [-0.3, -0.25) is 4.79 Å². The highest BCUT2D eigenvalue weighted by molar-refractivity contribution is 6.00. The highest BCUT2D eigenvalue weighted by Gasteiger charge is 2.31. The Morgan fingerprint density at radius 2 is 2.20 bits per heavy atom. The molecule has 110 valence electrons. The average Bonchev–Trinajstić information content (AvgIpc) is 2.38. The summed E-state index contributed by atoms with van der Waals surface area (Å²) in [5, 5.41) is 0. The molecule has 1 aliphatic rings. The van der Waals surface area contributed by atoms with Crippen LogP contribution in [0.4, 0.5) is 11.4 Å². The molecule has 1 aromatic rings. The van der Waals surface area contributed by atoms with Crippen molar-refractivity contribution in [1.29, 1.82) is 0 Å². The van der Waals surface area contributed by atoms with Crippen molar-refractivity contribution in [2.24, 2.45) is 5.92 Å². The Hall–Kier alpha value is -1.75. The lowest BCUT2D eigenvalue weighted by Crippen LogP contribution is -2.45. The minimum absolute atomic E-state index is 0.0459. The molecule has 0 fully saturated rings. The zero-order chi connectivity index (χ0) is 14.7. The largest absolute Gasteiger partial charge is 0.479 e. The van der Waals surface area contributed by atoms with Crippen molar-refractivity contribution in [3.05, 3.63) is 18.2 Å². The maximum Gasteiger partial charge on any atom is 0.267 e. The molecule has 0 saturated carbocycles. The average molecular weight is 278 g/mol. The molecule has 5 nitrogen and oxygen atoms in total. The third-order valence-electron chi connectivity index (χ3n) is 3.10. The van der Waals surface area contributed by atoms with Gasteiger partial charge in [0, 0.05) is 24.9 Å². The molecule has 0 spiro atoms. The first-order valence-electron chi connectivity index (χ1n) is 6.94. The molecule has 1 heterocycles. The number of fused-ring (bicyclic) bond motifs is 1. The van der Waals surface area contributed by atoms with Gasteiger partial charge >= 0.3 is 0 Å². The van der Waals surface area contributed by atoms with Gasteiger partial charge in [0.05, 0.1) is 12.3 Å². The van der Waals surface area contributed by atoms with Gasteiger partial charge in [0.2, 0.25) is 0 Å². The lowest BCUT2D eigenvalue weighted by molar-refractivity contribution is -0.125. The Bertz CT molecular complexity index is 488. The molecule has 1 unspecified atom stereocenters. The predicted octanol–water partition coefficient (Wildman–Crippen LogP) is 2.06. The number of nitrogens with two attached hydrogens (primary N) is 1. The van der Waals surface area contributed by atoms with Gasteiger partial charge in [0.25, 0.3) is 5.91 Å². The van der Waals surface area contributed by atoms with E-state index in [1.54, 1.807) is 24.0 Å². The zero-order valence-corrected chi connectivity index (χ0v) is 12.3. The molecule has 1 aromatic carbocycles. The van der Waals surface area contributed by atoms with Crippen LogP contribution < -0.4 is 15.4 Å². The molecule has 2 rings (SSSR count). The lowest BCUT2D eigenvalue weighted by Gasteiger charge is -2.33. The molecule has 0 aromatic heterocycles. The molecular formula is C15H22N2O3. The number of benzene rings is 1. The number of carbonyl (C=O) groups is 1. The third kappa shape index (κ3) is 3.22. The van der Waals surface area contributed by atoms with Crippen molar-refractivity contribution < 1.29 is 14.3 Å². The second-order valence-electron chi connectivity index (χ2n) is 5.45. The molecule has 2 N–H and O–H groups in total. The summed E-state index contributed by atoms with van der Waals surface area (Å²) < 4.78 is 11.1. The number of ether oxygens (including phenoxy) is 2. The second kappa shape index (κ2) is 6.13. The maximum atomic E-state index is 12.2. The Labute approximate surface area is 119 Å².